The summed E-state index contributed by atoms with van der Waals surface area (Å²) >= 11 is 1.23. The molecule has 1 heterocycles. The van der Waals surface area contributed by atoms with Crippen molar-refractivity contribution in [3.63, 3.8) is 0 Å². The SMILES string of the molecule is COC(=O)c1ccc(-c2csc(NC(=O)c3ccccc3F)n2)cc1. The molecule has 126 valence electrons. The molecule has 0 spiro atoms. The molecule has 0 fully saturated rings. The molecule has 0 bridgehead atoms. The lowest BCUT2D eigenvalue weighted by molar-refractivity contribution is 0.0600. The summed E-state index contributed by atoms with van der Waals surface area (Å²) < 4.78 is 18.3. The van der Waals surface area contributed by atoms with E-state index in [0.29, 0.717) is 16.4 Å². The molecule has 3 aromatic rings. The van der Waals surface area contributed by atoms with E-state index in [4.69, 9.17) is 0 Å². The van der Waals surface area contributed by atoms with Crippen LogP contribution in [0.25, 0.3) is 11.3 Å². The lowest BCUT2D eigenvalue weighted by Crippen LogP contribution is -2.13. The van der Waals surface area contributed by atoms with E-state index in [1.807, 2.05) is 0 Å². The highest BCUT2D eigenvalue weighted by atomic mass is 32.1. The predicted molar refractivity (Wildman–Crippen MR) is 93.2 cm³/mol. The van der Waals surface area contributed by atoms with Gasteiger partial charge in [-0.1, -0.05) is 24.3 Å². The Bertz CT molecular complexity index is 922. The van der Waals surface area contributed by atoms with Crippen LogP contribution in [0.4, 0.5) is 9.52 Å². The van der Waals surface area contributed by atoms with Crippen molar-refractivity contribution in [2.45, 2.75) is 0 Å². The molecule has 7 heteroatoms. The fourth-order valence-electron chi connectivity index (χ4n) is 2.17. The Morgan fingerprint density at radius 2 is 1.84 bits per heavy atom. The zero-order chi connectivity index (χ0) is 17.8. The second-order valence-electron chi connectivity index (χ2n) is 5.04. The van der Waals surface area contributed by atoms with Crippen LogP contribution in [0.5, 0.6) is 0 Å². The molecule has 2 aromatic carbocycles. The van der Waals surface area contributed by atoms with Crippen LogP contribution in [-0.2, 0) is 4.74 Å². The quantitative estimate of drug-likeness (QED) is 0.718. The first-order chi connectivity index (χ1) is 12.1. The normalized spacial score (nSPS) is 10.3. The van der Waals surface area contributed by atoms with Gasteiger partial charge in [0.15, 0.2) is 5.13 Å². The van der Waals surface area contributed by atoms with E-state index in [0.717, 1.165) is 5.56 Å². The number of hydrogen-bond acceptors (Lipinski definition) is 5. The van der Waals surface area contributed by atoms with Gasteiger partial charge in [0.2, 0.25) is 0 Å². The van der Waals surface area contributed by atoms with E-state index in [2.05, 4.69) is 15.0 Å². The maximum Gasteiger partial charge on any atom is 0.337 e. The number of aromatic nitrogens is 1. The Balaban J connectivity index is 1.75. The van der Waals surface area contributed by atoms with Gasteiger partial charge in [-0.3, -0.25) is 10.1 Å². The Kier molecular flexibility index (Phi) is 4.85. The van der Waals surface area contributed by atoms with Crippen LogP contribution in [0, 0.1) is 5.82 Å². The third kappa shape index (κ3) is 3.72. The third-order valence-corrected chi connectivity index (χ3v) is 4.20. The van der Waals surface area contributed by atoms with Crippen molar-refractivity contribution in [3.05, 3.63) is 70.9 Å². The standard InChI is InChI=1S/C18H13FN2O3S/c1-24-17(23)12-8-6-11(7-9-12)15-10-25-18(20-15)21-16(22)13-4-2-3-5-14(13)19/h2-10H,1H3,(H,20,21,22). The molecule has 1 amide bonds. The maximum atomic E-state index is 13.6. The summed E-state index contributed by atoms with van der Waals surface area (Å²) in [4.78, 5) is 27.9. The number of esters is 1. The molecule has 0 saturated carbocycles. The number of ether oxygens (including phenoxy) is 1. The molecule has 25 heavy (non-hydrogen) atoms. The Morgan fingerprint density at radius 1 is 1.12 bits per heavy atom. The van der Waals surface area contributed by atoms with Crippen LogP contribution in [-0.4, -0.2) is 24.0 Å². The maximum absolute atomic E-state index is 13.6. The molecule has 3 rings (SSSR count). The van der Waals surface area contributed by atoms with Crippen molar-refractivity contribution >= 4 is 28.3 Å². The van der Waals surface area contributed by atoms with Crippen molar-refractivity contribution in [1.29, 1.82) is 0 Å². The van der Waals surface area contributed by atoms with Gasteiger partial charge in [0, 0.05) is 10.9 Å². The zero-order valence-electron chi connectivity index (χ0n) is 13.2. The van der Waals surface area contributed by atoms with Crippen molar-refractivity contribution in [2.75, 3.05) is 12.4 Å². The fraction of sp³-hybridized carbons (Fsp3) is 0.0556. The molecule has 0 aliphatic heterocycles. The zero-order valence-corrected chi connectivity index (χ0v) is 14.0. The van der Waals surface area contributed by atoms with E-state index in [-0.39, 0.29) is 5.56 Å². The Hall–Kier alpha value is -3.06. The van der Waals surface area contributed by atoms with Crippen LogP contribution in [0.3, 0.4) is 0 Å². The number of benzene rings is 2. The van der Waals surface area contributed by atoms with E-state index in [1.54, 1.807) is 35.7 Å². The molecular formula is C18H13FN2O3S. The van der Waals surface area contributed by atoms with Crippen molar-refractivity contribution in [1.82, 2.24) is 4.98 Å². The number of nitrogens with one attached hydrogen (secondary N) is 1. The average Bonchev–Trinajstić information content (AvgIpc) is 3.10. The van der Waals surface area contributed by atoms with Crippen molar-refractivity contribution < 1.29 is 18.7 Å². The Morgan fingerprint density at radius 3 is 2.52 bits per heavy atom. The molecule has 1 aromatic heterocycles. The first kappa shape index (κ1) is 16.8. The molecule has 0 aliphatic rings. The van der Waals surface area contributed by atoms with Gasteiger partial charge < -0.3 is 4.74 Å². The summed E-state index contributed by atoms with van der Waals surface area (Å²) in [6.07, 6.45) is 0. The van der Waals surface area contributed by atoms with Gasteiger partial charge >= 0.3 is 5.97 Å². The average molecular weight is 356 g/mol. The number of thiazole rings is 1. The molecule has 1 N–H and O–H groups in total. The van der Waals surface area contributed by atoms with Gasteiger partial charge in [-0.2, -0.15) is 0 Å². The molecule has 0 saturated heterocycles. The summed E-state index contributed by atoms with van der Waals surface area (Å²) in [5, 5.41) is 4.71. The highest BCUT2D eigenvalue weighted by molar-refractivity contribution is 7.14. The number of hydrogen-bond donors (Lipinski definition) is 1. The second-order valence-corrected chi connectivity index (χ2v) is 5.90. The minimum Gasteiger partial charge on any atom is -0.465 e. The smallest absolute Gasteiger partial charge is 0.337 e. The summed E-state index contributed by atoms with van der Waals surface area (Å²) in [7, 11) is 1.32. The van der Waals surface area contributed by atoms with E-state index >= 15 is 0 Å². The highest BCUT2D eigenvalue weighted by Gasteiger charge is 2.13. The number of anilines is 1. The van der Waals surface area contributed by atoms with E-state index in [9.17, 15) is 14.0 Å². The van der Waals surface area contributed by atoms with Gasteiger partial charge in [-0.15, -0.1) is 11.3 Å². The van der Waals surface area contributed by atoms with E-state index < -0.39 is 17.7 Å². The minimum atomic E-state index is -0.588. The summed E-state index contributed by atoms with van der Waals surface area (Å²) in [6, 6.07) is 12.5. The topological polar surface area (TPSA) is 68.3 Å². The summed E-state index contributed by atoms with van der Waals surface area (Å²) in [5.74, 6) is -1.56. The molecule has 0 atom stereocenters. The largest absolute Gasteiger partial charge is 0.465 e. The van der Waals surface area contributed by atoms with Crippen LogP contribution < -0.4 is 5.32 Å². The summed E-state index contributed by atoms with van der Waals surface area (Å²) in [6.45, 7) is 0. The van der Waals surface area contributed by atoms with Crippen molar-refractivity contribution in [2.24, 2.45) is 0 Å². The molecule has 0 radical (unpaired) electrons. The van der Waals surface area contributed by atoms with Crippen molar-refractivity contribution in [3.8, 4) is 11.3 Å². The van der Waals surface area contributed by atoms with Gasteiger partial charge in [-0.25, -0.2) is 14.2 Å². The molecular weight excluding hydrogens is 343 g/mol. The second kappa shape index (κ2) is 7.23. The summed E-state index contributed by atoms with van der Waals surface area (Å²) in [5.41, 5.74) is 1.83. The van der Waals surface area contributed by atoms with Crippen LogP contribution in [0.15, 0.2) is 53.9 Å². The van der Waals surface area contributed by atoms with Gasteiger partial charge in [0.05, 0.1) is 23.9 Å². The van der Waals surface area contributed by atoms with E-state index in [1.165, 1.54) is 36.6 Å². The Labute approximate surface area is 147 Å². The first-order valence-corrected chi connectivity index (χ1v) is 8.16. The highest BCUT2D eigenvalue weighted by Crippen LogP contribution is 2.25. The van der Waals surface area contributed by atoms with Crippen LogP contribution >= 0.6 is 11.3 Å². The van der Waals surface area contributed by atoms with Crippen LogP contribution in [0.1, 0.15) is 20.7 Å². The van der Waals surface area contributed by atoms with Gasteiger partial charge in [0.1, 0.15) is 5.82 Å². The lowest BCUT2D eigenvalue weighted by atomic mass is 10.1. The molecule has 5 nitrogen and oxygen atoms in total. The molecule has 0 unspecified atom stereocenters. The van der Waals surface area contributed by atoms with Gasteiger partial charge in [0.25, 0.3) is 5.91 Å². The number of amides is 1. The lowest BCUT2D eigenvalue weighted by Gasteiger charge is -2.03. The minimum absolute atomic E-state index is 0.0401. The predicted octanol–water partition coefficient (Wildman–Crippen LogP) is 3.99. The monoisotopic (exact) mass is 356 g/mol. The number of halogens is 1. The first-order valence-electron chi connectivity index (χ1n) is 7.28. The third-order valence-electron chi connectivity index (χ3n) is 3.44. The van der Waals surface area contributed by atoms with Crippen LogP contribution in [0.2, 0.25) is 0 Å². The fourth-order valence-corrected chi connectivity index (χ4v) is 2.88. The number of nitrogens with zero attached hydrogens (tertiary/aromatic N) is 1. The molecule has 0 aliphatic carbocycles. The number of carbonyl (C=O) groups excluding carboxylic acids is 2. The number of carbonyl (C=O) groups is 2. The number of rotatable bonds is 4. The van der Waals surface area contributed by atoms with Gasteiger partial charge in [-0.05, 0) is 24.3 Å². The number of methoxy groups -OCH3 is 1.